The summed E-state index contributed by atoms with van der Waals surface area (Å²) in [5.74, 6) is 0. The molecule has 0 atom stereocenters. The molecule has 0 aliphatic carbocycles. The van der Waals surface area contributed by atoms with Gasteiger partial charge >= 0.3 is 0 Å². The second-order valence-electron chi connectivity index (χ2n) is 6.46. The molecule has 0 unspecified atom stereocenters. The van der Waals surface area contributed by atoms with E-state index in [0.29, 0.717) is 0 Å². The molecule has 0 saturated carbocycles. The molecule has 0 bridgehead atoms. The summed E-state index contributed by atoms with van der Waals surface area (Å²) < 4.78 is 0. The number of anilines is 1. The van der Waals surface area contributed by atoms with Crippen molar-refractivity contribution in [3.63, 3.8) is 0 Å². The van der Waals surface area contributed by atoms with Crippen LogP contribution < -0.4 is 5.32 Å². The van der Waals surface area contributed by atoms with Crippen LogP contribution in [0.1, 0.15) is 22.4 Å². The number of rotatable bonds is 7. The van der Waals surface area contributed by atoms with Crippen molar-refractivity contribution in [3.8, 4) is 0 Å². The molecule has 0 spiro atoms. The molecule has 1 aromatic carbocycles. The average Bonchev–Trinajstić information content (AvgIpc) is 2.97. The molecular weight excluding hydrogens is 334 g/mol. The van der Waals surface area contributed by atoms with Gasteiger partial charge in [0.05, 0.1) is 6.54 Å². The fraction of sp³-hybridized carbons (Fsp3) is 0.421. The molecule has 2 aromatic rings. The van der Waals surface area contributed by atoms with Gasteiger partial charge in [-0.05, 0) is 87.8 Å². The topological polar surface area (TPSA) is 18.5 Å². The summed E-state index contributed by atoms with van der Waals surface area (Å²) >= 11 is 7.48. The zero-order valence-corrected chi connectivity index (χ0v) is 16.6. The smallest absolute Gasteiger partial charge is 0.173 e. The lowest BCUT2D eigenvalue weighted by atomic mass is 10.1. The normalized spacial score (nSPS) is 10.9. The van der Waals surface area contributed by atoms with Gasteiger partial charge in [0.1, 0.15) is 0 Å². The summed E-state index contributed by atoms with van der Waals surface area (Å²) in [5, 5.41) is 6.34. The standard InChI is InChI=1S/C19H27N3S2/c1-15-11-16(2)13-17(12-15)20-19(23)22(9-6-8-21(3)4)14-18-7-5-10-24-18/h5,7,10-13H,6,8-9,14H2,1-4H3,(H,20,23). The summed E-state index contributed by atoms with van der Waals surface area (Å²) in [6.07, 6.45) is 1.09. The average molecular weight is 362 g/mol. The van der Waals surface area contributed by atoms with Crippen molar-refractivity contribution in [2.45, 2.75) is 26.8 Å². The lowest BCUT2D eigenvalue weighted by Crippen LogP contribution is -2.36. The van der Waals surface area contributed by atoms with Crippen LogP contribution in [0.4, 0.5) is 5.69 Å². The molecule has 24 heavy (non-hydrogen) atoms. The van der Waals surface area contributed by atoms with Gasteiger partial charge in [0.2, 0.25) is 0 Å². The highest BCUT2D eigenvalue weighted by Crippen LogP contribution is 2.17. The van der Waals surface area contributed by atoms with Crippen LogP contribution in [0.15, 0.2) is 35.7 Å². The predicted octanol–water partition coefficient (Wildman–Crippen LogP) is 4.52. The molecule has 0 radical (unpaired) electrons. The van der Waals surface area contributed by atoms with Crippen LogP contribution in [0.3, 0.4) is 0 Å². The van der Waals surface area contributed by atoms with Crippen LogP contribution in [0.25, 0.3) is 0 Å². The van der Waals surface area contributed by atoms with Gasteiger partial charge in [-0.2, -0.15) is 0 Å². The van der Waals surface area contributed by atoms with E-state index in [9.17, 15) is 0 Å². The van der Waals surface area contributed by atoms with Crippen LogP contribution in [-0.2, 0) is 6.54 Å². The number of hydrogen-bond acceptors (Lipinski definition) is 3. The first-order valence-electron chi connectivity index (χ1n) is 8.25. The van der Waals surface area contributed by atoms with Gasteiger partial charge in [-0.25, -0.2) is 0 Å². The van der Waals surface area contributed by atoms with Crippen molar-refractivity contribution in [1.82, 2.24) is 9.80 Å². The number of thiophene rings is 1. The minimum atomic E-state index is 0.798. The number of thiocarbonyl (C=S) groups is 1. The van der Waals surface area contributed by atoms with Gasteiger partial charge < -0.3 is 15.1 Å². The molecule has 0 aliphatic rings. The van der Waals surface area contributed by atoms with Gasteiger partial charge in [0, 0.05) is 17.1 Å². The van der Waals surface area contributed by atoms with E-state index < -0.39 is 0 Å². The highest BCUT2D eigenvalue weighted by molar-refractivity contribution is 7.80. The van der Waals surface area contributed by atoms with Crippen molar-refractivity contribution in [2.24, 2.45) is 0 Å². The van der Waals surface area contributed by atoms with E-state index in [1.807, 2.05) is 0 Å². The molecule has 0 amide bonds. The molecular formula is C19H27N3S2. The summed E-state index contributed by atoms with van der Waals surface area (Å²) in [4.78, 5) is 5.82. The third-order valence-electron chi connectivity index (χ3n) is 3.72. The Morgan fingerprint density at radius 3 is 2.42 bits per heavy atom. The van der Waals surface area contributed by atoms with Crippen LogP contribution in [0.2, 0.25) is 0 Å². The Labute approximate surface area is 155 Å². The Balaban J connectivity index is 2.04. The Morgan fingerprint density at radius 1 is 1.12 bits per heavy atom. The number of nitrogens with one attached hydrogen (secondary N) is 1. The number of benzene rings is 1. The second kappa shape index (κ2) is 9.16. The zero-order valence-electron chi connectivity index (χ0n) is 15.0. The van der Waals surface area contributed by atoms with Gasteiger partial charge in [-0.15, -0.1) is 11.3 Å². The largest absolute Gasteiger partial charge is 0.344 e. The molecule has 0 aliphatic heterocycles. The SMILES string of the molecule is Cc1cc(C)cc(NC(=S)N(CCCN(C)C)Cc2cccs2)c1. The molecule has 130 valence electrons. The molecule has 0 saturated heterocycles. The first-order valence-corrected chi connectivity index (χ1v) is 9.54. The zero-order chi connectivity index (χ0) is 17.5. The maximum Gasteiger partial charge on any atom is 0.173 e. The van der Waals surface area contributed by atoms with Crippen molar-refractivity contribution in [1.29, 1.82) is 0 Å². The quantitative estimate of drug-likeness (QED) is 0.731. The molecule has 1 heterocycles. The monoisotopic (exact) mass is 361 g/mol. The fourth-order valence-electron chi connectivity index (χ4n) is 2.67. The van der Waals surface area contributed by atoms with Gasteiger partial charge in [0.25, 0.3) is 0 Å². The van der Waals surface area contributed by atoms with E-state index in [2.05, 4.69) is 78.8 Å². The molecule has 1 N–H and O–H groups in total. The maximum absolute atomic E-state index is 5.70. The van der Waals surface area contributed by atoms with E-state index in [1.54, 1.807) is 11.3 Å². The van der Waals surface area contributed by atoms with Crippen molar-refractivity contribution < 1.29 is 0 Å². The summed E-state index contributed by atoms with van der Waals surface area (Å²) in [5.41, 5.74) is 3.57. The Bertz CT molecular complexity index is 630. The third-order valence-corrected chi connectivity index (χ3v) is 4.94. The lowest BCUT2D eigenvalue weighted by molar-refractivity contribution is 0.347. The number of nitrogens with zero attached hydrogens (tertiary/aromatic N) is 2. The molecule has 2 rings (SSSR count). The van der Waals surface area contributed by atoms with E-state index in [1.165, 1.54) is 16.0 Å². The third kappa shape index (κ3) is 6.23. The van der Waals surface area contributed by atoms with Crippen molar-refractivity contribution in [3.05, 3.63) is 51.7 Å². The Kier molecular flexibility index (Phi) is 7.21. The van der Waals surface area contributed by atoms with E-state index in [0.717, 1.165) is 36.9 Å². The van der Waals surface area contributed by atoms with Crippen molar-refractivity contribution >= 4 is 34.4 Å². The fourth-order valence-corrected chi connectivity index (χ4v) is 3.66. The van der Waals surface area contributed by atoms with Crippen LogP contribution in [0, 0.1) is 13.8 Å². The first kappa shape index (κ1) is 18.9. The Hall–Kier alpha value is -1.43. The lowest BCUT2D eigenvalue weighted by Gasteiger charge is -2.26. The molecule has 3 nitrogen and oxygen atoms in total. The highest BCUT2D eigenvalue weighted by Gasteiger charge is 2.12. The number of hydrogen-bond donors (Lipinski definition) is 1. The summed E-state index contributed by atoms with van der Waals surface area (Å²) in [6, 6.07) is 10.7. The van der Waals surface area contributed by atoms with Crippen LogP contribution in [0.5, 0.6) is 0 Å². The van der Waals surface area contributed by atoms with Crippen LogP contribution >= 0.6 is 23.6 Å². The predicted molar refractivity (Wildman–Crippen MR) is 110 cm³/mol. The second-order valence-corrected chi connectivity index (χ2v) is 7.88. The van der Waals surface area contributed by atoms with Gasteiger partial charge in [-0.1, -0.05) is 12.1 Å². The Morgan fingerprint density at radius 2 is 1.83 bits per heavy atom. The minimum absolute atomic E-state index is 0.798. The maximum atomic E-state index is 5.70. The van der Waals surface area contributed by atoms with E-state index in [4.69, 9.17) is 12.2 Å². The molecule has 5 heteroatoms. The van der Waals surface area contributed by atoms with Crippen molar-refractivity contribution in [2.75, 3.05) is 32.5 Å². The van der Waals surface area contributed by atoms with E-state index in [-0.39, 0.29) is 0 Å². The van der Waals surface area contributed by atoms with Gasteiger partial charge in [-0.3, -0.25) is 0 Å². The summed E-state index contributed by atoms with van der Waals surface area (Å²) in [7, 11) is 4.21. The molecule has 0 fully saturated rings. The summed E-state index contributed by atoms with van der Waals surface area (Å²) in [6.45, 7) is 7.10. The molecule has 1 aromatic heterocycles. The van der Waals surface area contributed by atoms with Crippen LogP contribution in [-0.4, -0.2) is 42.1 Å². The van der Waals surface area contributed by atoms with E-state index >= 15 is 0 Å². The minimum Gasteiger partial charge on any atom is -0.344 e. The number of aryl methyl sites for hydroxylation is 2. The first-order chi connectivity index (χ1) is 11.4. The highest BCUT2D eigenvalue weighted by atomic mass is 32.1. The van der Waals surface area contributed by atoms with Gasteiger partial charge in [0.15, 0.2) is 5.11 Å².